The van der Waals surface area contributed by atoms with Crippen LogP contribution in [0.5, 0.6) is 5.75 Å². The molecule has 0 aromatic heterocycles. The van der Waals surface area contributed by atoms with Gasteiger partial charge in [0.2, 0.25) is 11.6 Å². The fraction of sp³-hybridized carbons (Fsp3) is 0.571. The first-order valence-corrected chi connectivity index (χ1v) is 12.7. The second kappa shape index (κ2) is 12.1. The zero-order valence-corrected chi connectivity index (χ0v) is 21.0. The Hall–Kier alpha value is -2.96. The number of ketones is 4. The minimum Gasteiger partial charge on any atom is -0.508 e. The highest BCUT2D eigenvalue weighted by atomic mass is 16.3. The maximum atomic E-state index is 13.4. The second-order valence-electron chi connectivity index (χ2n) is 9.74. The summed E-state index contributed by atoms with van der Waals surface area (Å²) in [7, 11) is 0. The van der Waals surface area contributed by atoms with E-state index in [9.17, 15) is 24.3 Å². The van der Waals surface area contributed by atoms with Crippen LogP contribution in [0.25, 0.3) is 0 Å². The Morgan fingerprint density at radius 3 is 2.51 bits per heavy atom. The van der Waals surface area contributed by atoms with E-state index in [1.807, 2.05) is 26.8 Å². The van der Waals surface area contributed by atoms with Gasteiger partial charge in [-0.1, -0.05) is 26.3 Å². The first-order valence-electron chi connectivity index (χ1n) is 12.7. The molecule has 0 radical (unpaired) electrons. The van der Waals surface area contributed by atoms with Gasteiger partial charge in [-0.25, -0.2) is 0 Å². The first kappa shape index (κ1) is 26.6. The molecule has 1 N–H and O–H groups in total. The number of aromatic hydroxyl groups is 1. The summed E-state index contributed by atoms with van der Waals surface area (Å²) in [4.78, 5) is 61.2. The molecule has 188 valence electrons. The van der Waals surface area contributed by atoms with E-state index in [4.69, 9.17) is 0 Å². The molecule has 2 aliphatic rings. The molecule has 3 rings (SSSR count). The number of aliphatic imine (C=N–C) groups is 2. The fourth-order valence-corrected chi connectivity index (χ4v) is 5.14. The van der Waals surface area contributed by atoms with Crippen LogP contribution >= 0.6 is 0 Å². The van der Waals surface area contributed by atoms with Crippen molar-refractivity contribution < 1.29 is 24.3 Å². The number of phenols is 1. The van der Waals surface area contributed by atoms with Crippen molar-refractivity contribution >= 4 is 35.1 Å². The molecule has 0 fully saturated rings. The molecule has 35 heavy (non-hydrogen) atoms. The molecule has 4 atom stereocenters. The lowest BCUT2D eigenvalue weighted by atomic mass is 9.82. The molecule has 1 aromatic carbocycles. The minimum absolute atomic E-state index is 0.0832. The number of benzene rings is 1. The molecule has 1 aromatic rings. The van der Waals surface area contributed by atoms with Crippen LogP contribution in [-0.2, 0) is 19.2 Å². The molecule has 7 heteroatoms. The fourth-order valence-electron chi connectivity index (χ4n) is 5.14. The molecule has 2 aliphatic heterocycles. The van der Waals surface area contributed by atoms with E-state index in [2.05, 4.69) is 9.98 Å². The van der Waals surface area contributed by atoms with Crippen molar-refractivity contribution in [3.05, 3.63) is 29.3 Å². The van der Waals surface area contributed by atoms with Crippen LogP contribution in [0.2, 0.25) is 0 Å². The van der Waals surface area contributed by atoms with Crippen molar-refractivity contribution in [3.63, 3.8) is 0 Å². The normalized spacial score (nSPS) is 26.8. The Bertz CT molecular complexity index is 1040. The second-order valence-corrected chi connectivity index (χ2v) is 9.74. The van der Waals surface area contributed by atoms with E-state index in [1.54, 1.807) is 12.1 Å². The highest BCUT2D eigenvalue weighted by molar-refractivity contribution is 6.55. The summed E-state index contributed by atoms with van der Waals surface area (Å²) in [6, 6.07) is 5.09. The van der Waals surface area contributed by atoms with E-state index in [0.717, 1.165) is 17.5 Å². The molecule has 0 spiro atoms. The maximum Gasteiger partial charge on any atom is 0.213 e. The Balaban J connectivity index is 1.94. The Morgan fingerprint density at radius 1 is 1.03 bits per heavy atom. The first-order chi connectivity index (χ1) is 16.8. The van der Waals surface area contributed by atoms with Gasteiger partial charge in [0, 0.05) is 44.0 Å². The van der Waals surface area contributed by atoms with Crippen molar-refractivity contribution in [2.24, 2.45) is 27.7 Å². The van der Waals surface area contributed by atoms with E-state index in [1.165, 1.54) is 6.21 Å². The molecule has 7 nitrogen and oxygen atoms in total. The third-order valence-corrected chi connectivity index (χ3v) is 7.27. The van der Waals surface area contributed by atoms with Crippen molar-refractivity contribution in [1.29, 1.82) is 0 Å². The van der Waals surface area contributed by atoms with Crippen LogP contribution < -0.4 is 0 Å². The number of phenolic OH excluding ortho intramolecular Hbond substituents is 1. The van der Waals surface area contributed by atoms with Crippen LogP contribution in [0.15, 0.2) is 28.2 Å². The lowest BCUT2D eigenvalue weighted by Gasteiger charge is -2.21. The lowest BCUT2D eigenvalue weighted by molar-refractivity contribution is -0.139. The monoisotopic (exact) mass is 480 g/mol. The highest BCUT2D eigenvalue weighted by Gasteiger charge is 2.37. The van der Waals surface area contributed by atoms with E-state index in [-0.39, 0.29) is 60.8 Å². The highest BCUT2D eigenvalue weighted by Crippen LogP contribution is 2.33. The van der Waals surface area contributed by atoms with Gasteiger partial charge in [0.15, 0.2) is 5.78 Å². The smallest absolute Gasteiger partial charge is 0.213 e. The van der Waals surface area contributed by atoms with Gasteiger partial charge in [-0.3, -0.25) is 29.2 Å². The topological polar surface area (TPSA) is 113 Å². The Morgan fingerprint density at radius 2 is 1.80 bits per heavy atom. The predicted molar refractivity (Wildman–Crippen MR) is 135 cm³/mol. The van der Waals surface area contributed by atoms with E-state index >= 15 is 0 Å². The molecular weight excluding hydrogens is 444 g/mol. The summed E-state index contributed by atoms with van der Waals surface area (Å²) in [5, 5.41) is 10.1. The molecular formula is C28H36N2O5. The van der Waals surface area contributed by atoms with Gasteiger partial charge in [0.05, 0.1) is 5.71 Å². The number of Topliss-reactive ketones (excluding diaryl/α,β-unsaturated/α-hetero) is 4. The lowest BCUT2D eigenvalue weighted by Crippen LogP contribution is -2.37. The van der Waals surface area contributed by atoms with Crippen molar-refractivity contribution in [2.45, 2.75) is 71.6 Å². The average Bonchev–Trinajstić information content (AvgIpc) is 2.98. The third kappa shape index (κ3) is 6.38. The largest absolute Gasteiger partial charge is 0.508 e. The zero-order valence-electron chi connectivity index (χ0n) is 21.0. The van der Waals surface area contributed by atoms with Crippen LogP contribution in [0, 0.1) is 24.7 Å². The van der Waals surface area contributed by atoms with Gasteiger partial charge in [0.1, 0.15) is 17.5 Å². The van der Waals surface area contributed by atoms with Gasteiger partial charge in [-0.05, 0) is 61.8 Å². The minimum atomic E-state index is -1.06. The van der Waals surface area contributed by atoms with Crippen LogP contribution in [0.1, 0.15) is 75.8 Å². The Kier molecular flexibility index (Phi) is 9.24. The molecule has 0 saturated carbocycles. The summed E-state index contributed by atoms with van der Waals surface area (Å²) >= 11 is 0. The molecule has 4 unspecified atom stereocenters. The zero-order chi connectivity index (χ0) is 25.5. The van der Waals surface area contributed by atoms with Gasteiger partial charge in [-0.2, -0.15) is 0 Å². The summed E-state index contributed by atoms with van der Waals surface area (Å²) in [5.74, 6) is -3.10. The van der Waals surface area contributed by atoms with E-state index in [0.29, 0.717) is 25.7 Å². The number of carbonyl (C=O) groups excluding carboxylic acids is 4. The summed E-state index contributed by atoms with van der Waals surface area (Å²) in [6.45, 7) is 6.33. The van der Waals surface area contributed by atoms with Crippen molar-refractivity contribution in [3.8, 4) is 5.75 Å². The van der Waals surface area contributed by atoms with Crippen LogP contribution in [-0.4, -0.2) is 53.3 Å². The maximum absolute atomic E-state index is 13.4. The van der Waals surface area contributed by atoms with Crippen LogP contribution in [0.4, 0.5) is 0 Å². The van der Waals surface area contributed by atoms with E-state index < -0.39 is 23.4 Å². The SMILES string of the molecule is CCCC1CN=CC(C2=NCCC(CC)C(=O)CC(c3cc(O)ccc3C)CCC2=O)C(=O)C1=O. The molecule has 0 aliphatic carbocycles. The quantitative estimate of drug-likeness (QED) is 0.634. The summed E-state index contributed by atoms with van der Waals surface area (Å²) < 4.78 is 0. The Labute approximate surface area is 207 Å². The van der Waals surface area contributed by atoms with Crippen LogP contribution in [0.3, 0.4) is 0 Å². The molecule has 0 bridgehead atoms. The number of hydrogen-bond acceptors (Lipinski definition) is 7. The standard InChI is InChI=1S/C28H36N2O5/c1-4-6-20-15-29-16-23(28(35)27(20)34)26-24(32)10-8-19(22-14-21(31)9-7-17(22)3)13-25(33)18(5-2)11-12-30-26/h7,9,14,16,18-20,23,31H,4-6,8,10-13,15H2,1-3H3. The third-order valence-electron chi connectivity index (χ3n) is 7.27. The molecule has 2 heterocycles. The number of rotatable bonds is 5. The predicted octanol–water partition coefficient (Wildman–Crippen LogP) is 4.22. The summed E-state index contributed by atoms with van der Waals surface area (Å²) in [5.41, 5.74) is 1.88. The molecule has 0 amide bonds. The average molecular weight is 481 g/mol. The molecule has 0 saturated heterocycles. The van der Waals surface area contributed by atoms with Gasteiger partial charge in [-0.15, -0.1) is 0 Å². The summed E-state index contributed by atoms with van der Waals surface area (Å²) in [6.07, 6.45) is 4.67. The van der Waals surface area contributed by atoms with Gasteiger partial charge >= 0.3 is 0 Å². The number of nitrogens with zero attached hydrogens (tertiary/aromatic N) is 2. The van der Waals surface area contributed by atoms with Crippen molar-refractivity contribution in [2.75, 3.05) is 13.1 Å². The number of carbonyl (C=O) groups is 4. The number of aryl methyl sites for hydroxylation is 1. The van der Waals surface area contributed by atoms with Gasteiger partial charge in [0.25, 0.3) is 0 Å². The van der Waals surface area contributed by atoms with Gasteiger partial charge < -0.3 is 5.11 Å². The number of hydrogen-bond donors (Lipinski definition) is 1. The van der Waals surface area contributed by atoms with Crippen molar-refractivity contribution in [1.82, 2.24) is 0 Å².